The van der Waals surface area contributed by atoms with E-state index in [2.05, 4.69) is 19.8 Å². The van der Waals surface area contributed by atoms with Crippen molar-refractivity contribution in [3.63, 3.8) is 0 Å². The maximum atomic E-state index is 12.8. The van der Waals surface area contributed by atoms with E-state index >= 15 is 0 Å². The monoisotopic (exact) mass is 389 g/mol. The van der Waals surface area contributed by atoms with Crippen LogP contribution >= 0.6 is 0 Å². The first-order valence-corrected chi connectivity index (χ1v) is 9.71. The largest absolute Gasteiger partial charge is 0.462 e. The number of carbonyl (C=O) groups is 1. The van der Waals surface area contributed by atoms with E-state index in [0.29, 0.717) is 16.8 Å². The summed E-state index contributed by atoms with van der Waals surface area (Å²) < 4.78 is 34.5. The fourth-order valence-corrected chi connectivity index (χ4v) is 3.60. The molecule has 0 aliphatic heterocycles. The van der Waals surface area contributed by atoms with Crippen molar-refractivity contribution in [3.8, 4) is 0 Å². The van der Waals surface area contributed by atoms with E-state index in [1.54, 1.807) is 45.9 Å². The van der Waals surface area contributed by atoms with Gasteiger partial charge in [-0.1, -0.05) is 12.1 Å². The molecule has 27 heavy (non-hydrogen) atoms. The molecule has 0 saturated heterocycles. The Hall–Kier alpha value is -3.01. The standard InChI is InChI=1S/C17H19N5O4S/c1-5-26-15(23)13-10(2)6-7-11(3)14(13)21-27(24,25)17-19-16-18-9-8-12(4)22(16)20-17/h6-9,21H,5H2,1-4H3. The van der Waals surface area contributed by atoms with Crippen LogP contribution in [0.5, 0.6) is 0 Å². The molecule has 1 N–H and O–H groups in total. The number of benzene rings is 1. The molecule has 0 aliphatic rings. The average molecular weight is 389 g/mol. The summed E-state index contributed by atoms with van der Waals surface area (Å²) in [6.45, 7) is 7.03. The van der Waals surface area contributed by atoms with Crippen molar-refractivity contribution in [1.82, 2.24) is 19.6 Å². The summed E-state index contributed by atoms with van der Waals surface area (Å²) in [6, 6.07) is 5.14. The third kappa shape index (κ3) is 3.47. The number of aryl methyl sites for hydroxylation is 3. The zero-order valence-electron chi connectivity index (χ0n) is 15.3. The van der Waals surface area contributed by atoms with Crippen molar-refractivity contribution < 1.29 is 17.9 Å². The molecule has 0 unspecified atom stereocenters. The van der Waals surface area contributed by atoms with Crippen molar-refractivity contribution in [1.29, 1.82) is 0 Å². The molecule has 0 aliphatic carbocycles. The molecule has 0 spiro atoms. The van der Waals surface area contributed by atoms with Crippen LogP contribution in [0, 0.1) is 20.8 Å². The van der Waals surface area contributed by atoms with Crippen LogP contribution in [0.3, 0.4) is 0 Å². The van der Waals surface area contributed by atoms with E-state index in [9.17, 15) is 13.2 Å². The van der Waals surface area contributed by atoms with Gasteiger partial charge in [-0.05, 0) is 44.9 Å². The van der Waals surface area contributed by atoms with Crippen LogP contribution in [0.1, 0.15) is 34.1 Å². The Morgan fingerprint density at radius 2 is 1.89 bits per heavy atom. The number of hydrogen-bond acceptors (Lipinski definition) is 7. The first kappa shape index (κ1) is 18.8. The van der Waals surface area contributed by atoms with Gasteiger partial charge in [-0.2, -0.15) is 13.4 Å². The second-order valence-corrected chi connectivity index (χ2v) is 7.54. The zero-order chi connectivity index (χ0) is 19.8. The summed E-state index contributed by atoms with van der Waals surface area (Å²) in [5.74, 6) is -0.432. The smallest absolute Gasteiger partial charge is 0.340 e. The molecule has 1 aromatic carbocycles. The maximum absolute atomic E-state index is 12.8. The van der Waals surface area contributed by atoms with E-state index in [1.165, 1.54) is 10.7 Å². The summed E-state index contributed by atoms with van der Waals surface area (Å²) in [6.07, 6.45) is 1.52. The van der Waals surface area contributed by atoms with E-state index in [0.717, 1.165) is 0 Å². The number of sulfonamides is 1. The zero-order valence-corrected chi connectivity index (χ0v) is 16.2. The number of esters is 1. The van der Waals surface area contributed by atoms with Crippen LogP contribution < -0.4 is 4.72 Å². The molecule has 3 aromatic rings. The molecule has 9 nitrogen and oxygen atoms in total. The summed E-state index contributed by atoms with van der Waals surface area (Å²) in [7, 11) is -4.14. The van der Waals surface area contributed by atoms with Gasteiger partial charge in [-0.15, -0.1) is 5.10 Å². The normalized spacial score (nSPS) is 11.6. The van der Waals surface area contributed by atoms with Crippen molar-refractivity contribution in [2.75, 3.05) is 11.3 Å². The lowest BCUT2D eigenvalue weighted by Crippen LogP contribution is -2.19. The van der Waals surface area contributed by atoms with Crippen LogP contribution in [0.2, 0.25) is 0 Å². The molecule has 142 valence electrons. The first-order valence-electron chi connectivity index (χ1n) is 8.23. The van der Waals surface area contributed by atoms with Gasteiger partial charge in [0.25, 0.3) is 21.0 Å². The average Bonchev–Trinajstić information content (AvgIpc) is 3.05. The molecular weight excluding hydrogens is 370 g/mol. The van der Waals surface area contributed by atoms with Crippen molar-refractivity contribution in [2.24, 2.45) is 0 Å². The van der Waals surface area contributed by atoms with Crippen molar-refractivity contribution in [2.45, 2.75) is 32.9 Å². The fourth-order valence-electron chi connectivity index (χ4n) is 2.59. The number of ether oxygens (including phenoxy) is 1. The second-order valence-electron chi connectivity index (χ2n) is 5.97. The van der Waals surface area contributed by atoms with E-state index in [-0.39, 0.29) is 23.6 Å². The second kappa shape index (κ2) is 6.95. The van der Waals surface area contributed by atoms with Crippen LogP contribution in [0.15, 0.2) is 29.6 Å². The highest BCUT2D eigenvalue weighted by molar-refractivity contribution is 7.92. The van der Waals surface area contributed by atoms with Gasteiger partial charge in [-0.25, -0.2) is 14.3 Å². The van der Waals surface area contributed by atoms with Gasteiger partial charge in [0.15, 0.2) is 0 Å². The van der Waals surface area contributed by atoms with Gasteiger partial charge < -0.3 is 4.74 Å². The van der Waals surface area contributed by atoms with E-state index < -0.39 is 21.1 Å². The third-order valence-corrected chi connectivity index (χ3v) is 5.12. The minimum atomic E-state index is -4.14. The summed E-state index contributed by atoms with van der Waals surface area (Å²) in [5, 5.41) is 3.59. The first-order chi connectivity index (χ1) is 12.7. The number of anilines is 1. The van der Waals surface area contributed by atoms with Gasteiger partial charge in [0.1, 0.15) is 0 Å². The Bertz CT molecular complexity index is 1140. The number of nitrogens with one attached hydrogen (secondary N) is 1. The number of rotatable bonds is 5. The number of carbonyl (C=O) groups excluding carboxylic acids is 1. The number of nitrogens with zero attached hydrogens (tertiary/aromatic N) is 4. The third-order valence-electron chi connectivity index (χ3n) is 3.99. The van der Waals surface area contributed by atoms with Crippen LogP contribution in [0.4, 0.5) is 5.69 Å². The summed E-state index contributed by atoms with van der Waals surface area (Å²) in [4.78, 5) is 20.3. The number of aromatic nitrogens is 4. The molecule has 2 heterocycles. The molecule has 0 fully saturated rings. The Kier molecular flexibility index (Phi) is 4.83. The molecule has 3 rings (SSSR count). The summed E-state index contributed by atoms with van der Waals surface area (Å²) in [5.41, 5.74) is 2.17. The predicted octanol–water partition coefficient (Wildman–Crippen LogP) is 2.03. The highest BCUT2D eigenvalue weighted by Gasteiger charge is 2.26. The SMILES string of the molecule is CCOC(=O)c1c(C)ccc(C)c1NS(=O)(=O)c1nc2nccc(C)n2n1. The van der Waals surface area contributed by atoms with Crippen LogP contribution in [-0.2, 0) is 14.8 Å². The molecule has 0 radical (unpaired) electrons. The van der Waals surface area contributed by atoms with Gasteiger partial charge in [0.05, 0.1) is 17.9 Å². The van der Waals surface area contributed by atoms with E-state index in [4.69, 9.17) is 4.74 Å². The molecule has 0 amide bonds. The van der Waals surface area contributed by atoms with Crippen molar-refractivity contribution in [3.05, 3.63) is 46.8 Å². The summed E-state index contributed by atoms with van der Waals surface area (Å²) >= 11 is 0. The van der Waals surface area contributed by atoms with Gasteiger partial charge >= 0.3 is 5.97 Å². The Labute approximate surface area is 156 Å². The maximum Gasteiger partial charge on any atom is 0.340 e. The molecule has 10 heteroatoms. The topological polar surface area (TPSA) is 116 Å². The molecule has 0 atom stereocenters. The minimum Gasteiger partial charge on any atom is -0.462 e. The lowest BCUT2D eigenvalue weighted by molar-refractivity contribution is 0.0526. The molecule has 0 bridgehead atoms. The number of fused-ring (bicyclic) bond motifs is 1. The quantitative estimate of drug-likeness (QED) is 0.664. The highest BCUT2D eigenvalue weighted by Crippen LogP contribution is 2.27. The molecular formula is C17H19N5O4S. The van der Waals surface area contributed by atoms with Crippen LogP contribution in [-0.4, -0.2) is 40.6 Å². The van der Waals surface area contributed by atoms with Gasteiger partial charge in [0.2, 0.25) is 0 Å². The lowest BCUT2D eigenvalue weighted by Gasteiger charge is -2.15. The van der Waals surface area contributed by atoms with Crippen LogP contribution in [0.25, 0.3) is 5.78 Å². The molecule has 0 saturated carbocycles. The fraction of sp³-hybridized carbons (Fsp3) is 0.294. The predicted molar refractivity (Wildman–Crippen MR) is 98.2 cm³/mol. The Morgan fingerprint density at radius 3 is 2.56 bits per heavy atom. The van der Waals surface area contributed by atoms with Gasteiger partial charge in [-0.3, -0.25) is 4.72 Å². The minimum absolute atomic E-state index is 0.150. The Balaban J connectivity index is 2.09. The Morgan fingerprint density at radius 1 is 1.19 bits per heavy atom. The van der Waals surface area contributed by atoms with Crippen molar-refractivity contribution >= 4 is 27.5 Å². The number of hydrogen-bond donors (Lipinski definition) is 1. The molecule has 2 aromatic heterocycles. The van der Waals surface area contributed by atoms with Gasteiger partial charge in [0, 0.05) is 11.9 Å². The highest BCUT2D eigenvalue weighted by atomic mass is 32.2. The lowest BCUT2D eigenvalue weighted by atomic mass is 10.0. The van der Waals surface area contributed by atoms with E-state index in [1.807, 2.05) is 0 Å².